The highest BCUT2D eigenvalue weighted by Gasteiger charge is 2.18. The van der Waals surface area contributed by atoms with E-state index in [0.29, 0.717) is 10.7 Å². The van der Waals surface area contributed by atoms with Gasteiger partial charge in [0.05, 0.1) is 16.8 Å². The van der Waals surface area contributed by atoms with Crippen LogP contribution in [0.3, 0.4) is 0 Å². The van der Waals surface area contributed by atoms with Crippen LogP contribution in [0.5, 0.6) is 0 Å². The van der Waals surface area contributed by atoms with Crippen LogP contribution in [0, 0.1) is 13.8 Å². The molecule has 7 heteroatoms. The Bertz CT molecular complexity index is 1210. The number of aryl methyl sites for hydroxylation is 2. The van der Waals surface area contributed by atoms with Crippen molar-refractivity contribution in [2.75, 3.05) is 11.1 Å². The van der Waals surface area contributed by atoms with Crippen molar-refractivity contribution in [1.82, 2.24) is 19.6 Å². The molecule has 4 aromatic rings. The number of fused-ring (bicyclic) bond motifs is 3. The Balaban J connectivity index is 1.61. The normalized spacial score (nSPS) is 11.5. The van der Waals surface area contributed by atoms with Gasteiger partial charge in [-0.3, -0.25) is 9.20 Å². The number of nitrogens with zero attached hydrogens (tertiary/aromatic N) is 4. The minimum atomic E-state index is -0.0741. The summed E-state index contributed by atoms with van der Waals surface area (Å²) < 4.78 is 2.05. The van der Waals surface area contributed by atoms with Gasteiger partial charge >= 0.3 is 0 Å². The molecule has 2 aromatic carbocycles. The monoisotopic (exact) mass is 405 g/mol. The van der Waals surface area contributed by atoms with Gasteiger partial charge in [0.1, 0.15) is 10.9 Å². The molecule has 1 N–H and O–H groups in total. The van der Waals surface area contributed by atoms with Crippen LogP contribution in [0.25, 0.3) is 16.7 Å². The topological polar surface area (TPSA) is 72.2 Å². The van der Waals surface area contributed by atoms with Gasteiger partial charge in [0, 0.05) is 11.6 Å². The lowest BCUT2D eigenvalue weighted by atomic mass is 10.1. The molecule has 6 nitrogen and oxygen atoms in total. The molecule has 2 heterocycles. The third-order valence-corrected chi connectivity index (χ3v) is 5.82. The number of para-hydroxylation sites is 2. The Morgan fingerprint density at radius 3 is 2.66 bits per heavy atom. The van der Waals surface area contributed by atoms with E-state index >= 15 is 0 Å². The molecule has 0 bridgehead atoms. The number of amides is 1. The van der Waals surface area contributed by atoms with Crippen LogP contribution in [0.2, 0.25) is 0 Å². The molecule has 4 rings (SSSR count). The second-order valence-corrected chi connectivity index (χ2v) is 8.38. The average molecular weight is 406 g/mol. The summed E-state index contributed by atoms with van der Waals surface area (Å²) in [5.74, 6) is 1.29. The average Bonchev–Trinajstić information content (AvgIpc) is 3.15. The molecule has 0 spiro atoms. The van der Waals surface area contributed by atoms with Crippen LogP contribution < -0.4 is 5.32 Å². The number of aromatic nitrogens is 4. The number of carbonyl (C=O) groups excluding carboxylic acids is 1. The number of hydrogen-bond acceptors (Lipinski definition) is 5. The number of nitrogens with one attached hydrogen (secondary N) is 1. The number of rotatable bonds is 5. The predicted octanol–water partition coefficient (Wildman–Crippen LogP) is 4.75. The van der Waals surface area contributed by atoms with Crippen molar-refractivity contribution in [3.63, 3.8) is 0 Å². The summed E-state index contributed by atoms with van der Waals surface area (Å²) >= 11 is 1.38. The second kappa shape index (κ2) is 7.83. The van der Waals surface area contributed by atoms with Crippen molar-refractivity contribution >= 4 is 40.0 Å². The van der Waals surface area contributed by atoms with Gasteiger partial charge < -0.3 is 5.32 Å². The van der Waals surface area contributed by atoms with Crippen LogP contribution in [-0.2, 0) is 4.79 Å². The molecule has 148 valence electrons. The van der Waals surface area contributed by atoms with E-state index in [2.05, 4.69) is 40.7 Å². The summed E-state index contributed by atoms with van der Waals surface area (Å²) in [4.78, 5) is 17.2. The number of anilines is 1. The Labute approximate surface area is 173 Å². The number of thioether (sulfide) groups is 1. The molecule has 0 saturated heterocycles. The minimum absolute atomic E-state index is 0.0741. The van der Waals surface area contributed by atoms with Gasteiger partial charge in [-0.2, -0.15) is 0 Å². The molecular weight excluding hydrogens is 382 g/mol. The molecule has 0 radical (unpaired) electrons. The third kappa shape index (κ3) is 3.82. The number of benzene rings is 2. The van der Waals surface area contributed by atoms with Crippen LogP contribution in [0.4, 0.5) is 5.69 Å². The number of carbonyl (C=O) groups is 1. The standard InChI is InChI=1S/C22H23N5OS/c1-13(2)20-25-26-21-22(24-17-7-5-6-8-18(17)27(20)21)29-12-19(28)23-16-10-9-14(3)15(4)11-16/h5-11,13H,12H2,1-4H3,(H,23,28). The predicted molar refractivity (Wildman–Crippen MR) is 118 cm³/mol. The lowest BCUT2D eigenvalue weighted by Crippen LogP contribution is -2.14. The summed E-state index contributed by atoms with van der Waals surface area (Å²) in [5, 5.41) is 12.4. The first kappa shape index (κ1) is 19.4. The van der Waals surface area contributed by atoms with Crippen LogP contribution in [-0.4, -0.2) is 31.2 Å². The molecule has 0 unspecified atom stereocenters. The van der Waals surface area contributed by atoms with Gasteiger partial charge in [-0.1, -0.05) is 43.8 Å². The second-order valence-electron chi connectivity index (χ2n) is 7.41. The fourth-order valence-electron chi connectivity index (χ4n) is 3.20. The third-order valence-electron chi connectivity index (χ3n) is 4.87. The summed E-state index contributed by atoms with van der Waals surface area (Å²) in [6.45, 7) is 8.27. The molecule has 0 aliphatic rings. The van der Waals surface area contributed by atoms with Crippen LogP contribution >= 0.6 is 11.8 Å². The van der Waals surface area contributed by atoms with Gasteiger partial charge in [-0.25, -0.2) is 4.98 Å². The van der Waals surface area contributed by atoms with E-state index in [1.54, 1.807) is 0 Å². The molecule has 0 atom stereocenters. The van der Waals surface area contributed by atoms with Gasteiger partial charge in [0.15, 0.2) is 5.65 Å². The molecule has 0 aliphatic heterocycles. The summed E-state index contributed by atoms with van der Waals surface area (Å²) in [5.41, 5.74) is 5.68. The highest BCUT2D eigenvalue weighted by Crippen LogP contribution is 2.27. The molecule has 29 heavy (non-hydrogen) atoms. The fraction of sp³-hybridized carbons (Fsp3) is 0.273. The van der Waals surface area contributed by atoms with Crippen molar-refractivity contribution in [3.8, 4) is 0 Å². The van der Waals surface area contributed by atoms with Gasteiger partial charge in [0.25, 0.3) is 0 Å². The van der Waals surface area contributed by atoms with E-state index in [4.69, 9.17) is 4.98 Å². The largest absolute Gasteiger partial charge is 0.325 e. The SMILES string of the molecule is Cc1ccc(NC(=O)CSc2nc3ccccc3n3c(C(C)C)nnc23)cc1C. The molecule has 0 saturated carbocycles. The Morgan fingerprint density at radius 1 is 1.10 bits per heavy atom. The summed E-state index contributed by atoms with van der Waals surface area (Å²) in [7, 11) is 0. The minimum Gasteiger partial charge on any atom is -0.325 e. The molecule has 1 amide bonds. The van der Waals surface area contributed by atoms with E-state index in [-0.39, 0.29) is 17.6 Å². The first-order valence-corrected chi connectivity index (χ1v) is 10.6. The van der Waals surface area contributed by atoms with E-state index < -0.39 is 0 Å². The van der Waals surface area contributed by atoms with E-state index in [1.165, 1.54) is 17.3 Å². The zero-order valence-corrected chi connectivity index (χ0v) is 17.7. The zero-order chi connectivity index (χ0) is 20.5. The van der Waals surface area contributed by atoms with Crippen molar-refractivity contribution in [2.24, 2.45) is 0 Å². The van der Waals surface area contributed by atoms with Crippen molar-refractivity contribution < 1.29 is 4.79 Å². The smallest absolute Gasteiger partial charge is 0.234 e. The maximum absolute atomic E-state index is 12.5. The Morgan fingerprint density at radius 2 is 1.90 bits per heavy atom. The summed E-state index contributed by atoms with van der Waals surface area (Å²) in [6, 6.07) is 13.8. The first-order valence-electron chi connectivity index (χ1n) is 9.57. The van der Waals surface area contributed by atoms with Crippen molar-refractivity contribution in [3.05, 3.63) is 59.4 Å². The highest BCUT2D eigenvalue weighted by molar-refractivity contribution is 8.00. The quantitative estimate of drug-likeness (QED) is 0.485. The lowest BCUT2D eigenvalue weighted by molar-refractivity contribution is -0.113. The summed E-state index contributed by atoms with van der Waals surface area (Å²) in [6.07, 6.45) is 0. The number of hydrogen-bond donors (Lipinski definition) is 1. The van der Waals surface area contributed by atoms with Gasteiger partial charge in [-0.05, 0) is 49.2 Å². The lowest BCUT2D eigenvalue weighted by Gasteiger charge is -2.10. The van der Waals surface area contributed by atoms with E-state index in [9.17, 15) is 4.79 Å². The fourth-order valence-corrected chi connectivity index (χ4v) is 3.96. The molecular formula is C22H23N5OS. The Hall–Kier alpha value is -2.93. The van der Waals surface area contributed by atoms with Crippen LogP contribution in [0.15, 0.2) is 47.5 Å². The molecule has 2 aromatic heterocycles. The van der Waals surface area contributed by atoms with E-state index in [1.807, 2.05) is 49.4 Å². The maximum Gasteiger partial charge on any atom is 0.234 e. The van der Waals surface area contributed by atoms with Gasteiger partial charge in [-0.15, -0.1) is 10.2 Å². The van der Waals surface area contributed by atoms with Crippen LogP contribution in [0.1, 0.15) is 36.7 Å². The van der Waals surface area contributed by atoms with Crippen molar-refractivity contribution in [1.29, 1.82) is 0 Å². The van der Waals surface area contributed by atoms with Gasteiger partial charge in [0.2, 0.25) is 5.91 Å². The highest BCUT2D eigenvalue weighted by atomic mass is 32.2. The first-order chi connectivity index (χ1) is 13.9. The molecule has 0 aliphatic carbocycles. The maximum atomic E-state index is 12.5. The van der Waals surface area contributed by atoms with E-state index in [0.717, 1.165) is 28.1 Å². The Kier molecular flexibility index (Phi) is 5.24. The molecule has 0 fully saturated rings. The van der Waals surface area contributed by atoms with Crippen molar-refractivity contribution in [2.45, 2.75) is 38.6 Å². The zero-order valence-electron chi connectivity index (χ0n) is 16.9.